The summed E-state index contributed by atoms with van der Waals surface area (Å²) in [5, 5.41) is 2.17. The van der Waals surface area contributed by atoms with Crippen LogP contribution in [0, 0.1) is 5.92 Å². The van der Waals surface area contributed by atoms with Gasteiger partial charge in [-0.15, -0.1) is 0 Å². The highest BCUT2D eigenvalue weighted by atomic mass is 16.5. The highest BCUT2D eigenvalue weighted by Gasteiger charge is 2.33. The standard InChI is InChI=1S/C17H17NO2/c1-20-14-8-4-6-12-10-18-15(19)9-11-5-2-3-7-13(11)17(18)16(12)14/h4,6-8,10-11H,2-3,5,9H2,1H3. The van der Waals surface area contributed by atoms with Crippen molar-refractivity contribution in [2.24, 2.45) is 5.92 Å². The first-order chi connectivity index (χ1) is 9.79. The number of methoxy groups -OCH3 is 1. The van der Waals surface area contributed by atoms with Gasteiger partial charge in [0.15, 0.2) is 0 Å². The number of nitrogens with zero attached hydrogens (tertiary/aromatic N) is 1. The van der Waals surface area contributed by atoms with Crippen molar-refractivity contribution in [1.82, 2.24) is 4.57 Å². The van der Waals surface area contributed by atoms with Gasteiger partial charge in [-0.1, -0.05) is 18.2 Å². The Hall–Kier alpha value is -2.03. The van der Waals surface area contributed by atoms with E-state index < -0.39 is 0 Å². The number of fused-ring (bicyclic) bond motifs is 5. The first-order valence-electron chi connectivity index (χ1n) is 7.21. The van der Waals surface area contributed by atoms with Gasteiger partial charge in [0.25, 0.3) is 0 Å². The van der Waals surface area contributed by atoms with E-state index >= 15 is 0 Å². The van der Waals surface area contributed by atoms with E-state index in [1.807, 2.05) is 22.9 Å². The molecule has 20 heavy (non-hydrogen) atoms. The van der Waals surface area contributed by atoms with Crippen LogP contribution >= 0.6 is 0 Å². The summed E-state index contributed by atoms with van der Waals surface area (Å²) < 4.78 is 7.35. The second-order valence-electron chi connectivity index (χ2n) is 5.66. The van der Waals surface area contributed by atoms with Crippen LogP contribution in [0.25, 0.3) is 16.3 Å². The molecule has 0 saturated heterocycles. The summed E-state index contributed by atoms with van der Waals surface area (Å²) in [6.07, 6.45) is 8.35. The van der Waals surface area contributed by atoms with Crippen LogP contribution in [0.3, 0.4) is 0 Å². The van der Waals surface area contributed by atoms with E-state index in [1.54, 1.807) is 7.11 Å². The third-order valence-electron chi connectivity index (χ3n) is 4.55. The number of rotatable bonds is 1. The van der Waals surface area contributed by atoms with E-state index in [0.29, 0.717) is 12.3 Å². The van der Waals surface area contributed by atoms with E-state index in [4.69, 9.17) is 4.74 Å². The number of aromatic nitrogens is 1. The van der Waals surface area contributed by atoms with Gasteiger partial charge >= 0.3 is 0 Å². The minimum atomic E-state index is 0.210. The molecule has 1 aliphatic carbocycles. The maximum Gasteiger partial charge on any atom is 0.231 e. The van der Waals surface area contributed by atoms with E-state index in [0.717, 1.165) is 35.1 Å². The molecule has 0 bridgehead atoms. The number of hydrogen-bond acceptors (Lipinski definition) is 2. The topological polar surface area (TPSA) is 31.2 Å². The Morgan fingerprint density at radius 3 is 3.10 bits per heavy atom. The Morgan fingerprint density at radius 2 is 2.25 bits per heavy atom. The van der Waals surface area contributed by atoms with Gasteiger partial charge in [-0.05, 0) is 36.8 Å². The van der Waals surface area contributed by atoms with Crippen molar-refractivity contribution in [2.45, 2.75) is 25.7 Å². The number of allylic oxidation sites excluding steroid dienone is 2. The molecule has 0 amide bonds. The Bertz CT molecular complexity index is 739. The summed E-state index contributed by atoms with van der Waals surface area (Å²) >= 11 is 0. The molecule has 102 valence electrons. The summed E-state index contributed by atoms with van der Waals surface area (Å²) in [5.74, 6) is 1.46. The van der Waals surface area contributed by atoms with Gasteiger partial charge in [-0.3, -0.25) is 9.36 Å². The molecular formula is C17H17NO2. The Morgan fingerprint density at radius 1 is 1.35 bits per heavy atom. The highest BCUT2D eigenvalue weighted by molar-refractivity contribution is 6.04. The summed E-state index contributed by atoms with van der Waals surface area (Å²) in [4.78, 5) is 12.4. The molecule has 3 heteroatoms. The van der Waals surface area contributed by atoms with Crippen LogP contribution in [0.2, 0.25) is 0 Å². The van der Waals surface area contributed by atoms with Crippen molar-refractivity contribution < 1.29 is 9.53 Å². The molecular weight excluding hydrogens is 250 g/mol. The molecule has 0 saturated carbocycles. The predicted octanol–water partition coefficient (Wildman–Crippen LogP) is 3.88. The molecule has 1 atom stereocenters. The molecule has 2 heterocycles. The van der Waals surface area contributed by atoms with Crippen LogP contribution in [0.4, 0.5) is 0 Å². The van der Waals surface area contributed by atoms with Gasteiger partial charge in [-0.2, -0.15) is 0 Å². The lowest BCUT2D eigenvalue weighted by Gasteiger charge is -2.29. The van der Waals surface area contributed by atoms with Crippen LogP contribution in [0.5, 0.6) is 5.75 Å². The summed E-state index contributed by atoms with van der Waals surface area (Å²) in [5.41, 5.74) is 2.41. The molecule has 2 aromatic rings. The van der Waals surface area contributed by atoms with E-state index in [1.165, 1.54) is 12.0 Å². The Kier molecular flexibility index (Phi) is 2.49. The van der Waals surface area contributed by atoms with Crippen molar-refractivity contribution in [1.29, 1.82) is 0 Å². The quantitative estimate of drug-likeness (QED) is 0.785. The third-order valence-corrected chi connectivity index (χ3v) is 4.55. The Labute approximate surface area is 117 Å². The predicted molar refractivity (Wildman–Crippen MR) is 79.1 cm³/mol. The van der Waals surface area contributed by atoms with E-state index in [-0.39, 0.29) is 5.91 Å². The van der Waals surface area contributed by atoms with Crippen molar-refractivity contribution in [3.8, 4) is 5.75 Å². The number of ether oxygens (including phenoxy) is 1. The second kappa shape index (κ2) is 4.23. The van der Waals surface area contributed by atoms with Gasteiger partial charge < -0.3 is 4.74 Å². The molecule has 2 aliphatic rings. The van der Waals surface area contributed by atoms with Crippen molar-refractivity contribution in [3.05, 3.63) is 36.2 Å². The average molecular weight is 267 g/mol. The smallest absolute Gasteiger partial charge is 0.231 e. The van der Waals surface area contributed by atoms with Gasteiger partial charge in [0.1, 0.15) is 5.75 Å². The van der Waals surface area contributed by atoms with Crippen LogP contribution in [-0.2, 0) is 0 Å². The maximum absolute atomic E-state index is 12.4. The maximum atomic E-state index is 12.4. The van der Waals surface area contributed by atoms with Crippen molar-refractivity contribution in [3.63, 3.8) is 0 Å². The van der Waals surface area contributed by atoms with Crippen LogP contribution < -0.4 is 4.74 Å². The molecule has 1 aliphatic heterocycles. The van der Waals surface area contributed by atoms with E-state index in [2.05, 4.69) is 12.1 Å². The first-order valence-corrected chi connectivity index (χ1v) is 7.21. The van der Waals surface area contributed by atoms with Gasteiger partial charge in [0, 0.05) is 23.4 Å². The van der Waals surface area contributed by atoms with Gasteiger partial charge in [-0.25, -0.2) is 0 Å². The lowest BCUT2D eigenvalue weighted by Crippen LogP contribution is -2.26. The molecule has 0 spiro atoms. The van der Waals surface area contributed by atoms with Crippen LogP contribution in [0.1, 0.15) is 36.2 Å². The van der Waals surface area contributed by atoms with Gasteiger partial charge in [0.05, 0.1) is 12.8 Å². The number of hydrogen-bond donors (Lipinski definition) is 0. The minimum Gasteiger partial charge on any atom is -0.496 e. The molecule has 0 radical (unpaired) electrons. The van der Waals surface area contributed by atoms with Gasteiger partial charge in [0.2, 0.25) is 5.91 Å². The van der Waals surface area contributed by atoms with E-state index in [9.17, 15) is 4.79 Å². The SMILES string of the molecule is COc1cccc2cn3c(c12)C1=CCCCC1CC3=O. The molecule has 1 unspecified atom stereocenters. The molecule has 0 fully saturated rings. The highest BCUT2D eigenvalue weighted by Crippen LogP contribution is 2.44. The largest absolute Gasteiger partial charge is 0.496 e. The lowest BCUT2D eigenvalue weighted by molar-refractivity contribution is 0.0877. The zero-order chi connectivity index (χ0) is 13.7. The van der Waals surface area contributed by atoms with Crippen molar-refractivity contribution in [2.75, 3.05) is 7.11 Å². The summed E-state index contributed by atoms with van der Waals surface area (Å²) in [6, 6.07) is 6.00. The molecule has 0 N–H and O–H groups in total. The zero-order valence-electron chi connectivity index (χ0n) is 11.6. The molecule has 4 rings (SSSR count). The van der Waals surface area contributed by atoms with Crippen LogP contribution in [-0.4, -0.2) is 17.6 Å². The fraction of sp³-hybridized carbons (Fsp3) is 0.353. The number of benzene rings is 1. The minimum absolute atomic E-state index is 0.210. The molecule has 1 aromatic heterocycles. The third kappa shape index (κ3) is 1.49. The molecule has 1 aromatic carbocycles. The summed E-state index contributed by atoms with van der Waals surface area (Å²) in [7, 11) is 1.69. The average Bonchev–Trinajstić information content (AvgIpc) is 2.88. The van der Waals surface area contributed by atoms with Crippen LogP contribution in [0.15, 0.2) is 30.5 Å². The lowest BCUT2D eigenvalue weighted by atomic mass is 9.80. The Balaban J connectivity index is 2.08. The fourth-order valence-corrected chi connectivity index (χ4v) is 3.64. The first kappa shape index (κ1) is 11.8. The zero-order valence-corrected chi connectivity index (χ0v) is 11.6. The monoisotopic (exact) mass is 267 g/mol. The fourth-order valence-electron chi connectivity index (χ4n) is 3.64. The second-order valence-corrected chi connectivity index (χ2v) is 5.66. The molecule has 3 nitrogen and oxygen atoms in total. The summed E-state index contributed by atoms with van der Waals surface area (Å²) in [6.45, 7) is 0. The van der Waals surface area contributed by atoms with Crippen molar-refractivity contribution >= 4 is 22.3 Å². The normalized spacial score (nSPS) is 21.4. The number of carbonyl (C=O) groups excluding carboxylic acids is 1. The number of carbonyl (C=O) groups is 1.